The number of fused-ring (bicyclic) bond motifs is 2. The number of carbonyl (C=O) groups is 2. The first kappa shape index (κ1) is 21.1. The molecule has 0 aliphatic rings. The normalized spacial score (nSPS) is 11.1. The number of nitrogens with one attached hydrogen (secondary N) is 3. The molecule has 3 aromatic heterocycles. The first-order valence-corrected chi connectivity index (χ1v) is 10.2. The van der Waals surface area contributed by atoms with Crippen molar-refractivity contribution in [3.63, 3.8) is 0 Å². The Balaban J connectivity index is 1.34. The standard InChI is InChI=1S/C23H17FN6O4/c24-15-3-1-2-13(8-15)11-26-22(32)18-10-17(28-20-6-7-27-30(18)20)21(31)25-12-14-4-5-19-16(9-14)29-23(33)34-19/h1-10H,11-12H2,(H,25,31)(H,26,32)(H,29,33). The highest BCUT2D eigenvalue weighted by Crippen LogP contribution is 2.13. The Hall–Kier alpha value is -4.80. The molecule has 2 amide bonds. The minimum absolute atomic E-state index is 0.0294. The molecule has 11 heteroatoms. The van der Waals surface area contributed by atoms with Gasteiger partial charge in [-0.05, 0) is 35.4 Å². The fraction of sp³-hybridized carbons (Fsp3) is 0.0870. The van der Waals surface area contributed by atoms with E-state index in [2.05, 4.69) is 25.7 Å². The second-order valence-electron chi connectivity index (χ2n) is 7.47. The first-order chi connectivity index (χ1) is 16.5. The van der Waals surface area contributed by atoms with E-state index in [1.165, 1.54) is 28.9 Å². The van der Waals surface area contributed by atoms with Crippen LogP contribution in [0.3, 0.4) is 0 Å². The summed E-state index contributed by atoms with van der Waals surface area (Å²) in [6, 6.07) is 13.8. The number of carbonyl (C=O) groups excluding carboxylic acids is 2. The minimum Gasteiger partial charge on any atom is -0.408 e. The Morgan fingerprint density at radius 1 is 1.00 bits per heavy atom. The number of H-pyrrole nitrogens is 1. The number of benzene rings is 2. The minimum atomic E-state index is -0.558. The average molecular weight is 460 g/mol. The average Bonchev–Trinajstić information content (AvgIpc) is 3.45. The van der Waals surface area contributed by atoms with E-state index in [1.807, 2.05) is 0 Å². The van der Waals surface area contributed by atoms with Crippen LogP contribution in [0.25, 0.3) is 16.7 Å². The van der Waals surface area contributed by atoms with Gasteiger partial charge in [-0.3, -0.25) is 14.6 Å². The second-order valence-corrected chi connectivity index (χ2v) is 7.47. The zero-order valence-electron chi connectivity index (χ0n) is 17.5. The molecule has 10 nitrogen and oxygen atoms in total. The molecule has 170 valence electrons. The molecule has 0 unspecified atom stereocenters. The zero-order chi connectivity index (χ0) is 23.7. The van der Waals surface area contributed by atoms with Crippen LogP contribution in [0.5, 0.6) is 0 Å². The molecule has 5 rings (SSSR count). The maximum absolute atomic E-state index is 13.4. The number of hydrogen-bond donors (Lipinski definition) is 3. The second kappa shape index (κ2) is 8.62. The molecule has 0 saturated carbocycles. The van der Waals surface area contributed by atoms with Gasteiger partial charge in [0, 0.05) is 25.2 Å². The van der Waals surface area contributed by atoms with Gasteiger partial charge in [0.25, 0.3) is 11.8 Å². The molecule has 3 N–H and O–H groups in total. The van der Waals surface area contributed by atoms with Gasteiger partial charge in [-0.2, -0.15) is 5.10 Å². The molecule has 0 aliphatic carbocycles. The largest absolute Gasteiger partial charge is 0.417 e. The van der Waals surface area contributed by atoms with Gasteiger partial charge in [0.1, 0.15) is 17.2 Å². The van der Waals surface area contributed by atoms with E-state index >= 15 is 0 Å². The van der Waals surface area contributed by atoms with Crippen LogP contribution in [0.4, 0.5) is 4.39 Å². The third-order valence-corrected chi connectivity index (χ3v) is 5.10. The van der Waals surface area contributed by atoms with Gasteiger partial charge in [-0.1, -0.05) is 18.2 Å². The van der Waals surface area contributed by atoms with Gasteiger partial charge in [-0.25, -0.2) is 18.7 Å². The monoisotopic (exact) mass is 460 g/mol. The Kier molecular flexibility index (Phi) is 5.34. The molecule has 34 heavy (non-hydrogen) atoms. The molecular formula is C23H17FN6O4. The lowest BCUT2D eigenvalue weighted by atomic mass is 10.2. The van der Waals surface area contributed by atoms with Crippen molar-refractivity contribution >= 4 is 28.6 Å². The predicted octanol–water partition coefficient (Wildman–Crippen LogP) is 2.16. The predicted molar refractivity (Wildman–Crippen MR) is 119 cm³/mol. The molecule has 0 radical (unpaired) electrons. The van der Waals surface area contributed by atoms with E-state index in [-0.39, 0.29) is 24.5 Å². The van der Waals surface area contributed by atoms with E-state index in [9.17, 15) is 18.8 Å². The summed E-state index contributed by atoms with van der Waals surface area (Å²) in [5.74, 6) is -1.95. The summed E-state index contributed by atoms with van der Waals surface area (Å²) in [4.78, 5) is 43.8. The summed E-state index contributed by atoms with van der Waals surface area (Å²) >= 11 is 0. The third-order valence-electron chi connectivity index (χ3n) is 5.10. The van der Waals surface area contributed by atoms with Crippen molar-refractivity contribution < 1.29 is 18.4 Å². The fourth-order valence-electron chi connectivity index (χ4n) is 3.49. The molecule has 5 aromatic rings. The zero-order valence-corrected chi connectivity index (χ0v) is 17.5. The van der Waals surface area contributed by atoms with Crippen molar-refractivity contribution in [2.75, 3.05) is 0 Å². The highest BCUT2D eigenvalue weighted by molar-refractivity contribution is 5.98. The van der Waals surface area contributed by atoms with E-state index in [0.717, 1.165) is 5.56 Å². The van der Waals surface area contributed by atoms with Crippen LogP contribution in [0, 0.1) is 5.82 Å². The van der Waals surface area contributed by atoms with E-state index in [4.69, 9.17) is 4.42 Å². The molecule has 0 atom stereocenters. The Labute approximate surface area is 190 Å². The van der Waals surface area contributed by atoms with Crippen molar-refractivity contribution in [1.29, 1.82) is 0 Å². The highest BCUT2D eigenvalue weighted by Gasteiger charge is 2.17. The van der Waals surface area contributed by atoms with Crippen molar-refractivity contribution in [1.82, 2.24) is 30.2 Å². The van der Waals surface area contributed by atoms with Crippen LogP contribution in [-0.4, -0.2) is 31.4 Å². The van der Waals surface area contributed by atoms with Gasteiger partial charge >= 0.3 is 5.76 Å². The smallest absolute Gasteiger partial charge is 0.408 e. The van der Waals surface area contributed by atoms with E-state index < -0.39 is 23.4 Å². The van der Waals surface area contributed by atoms with E-state index in [0.29, 0.717) is 22.3 Å². The summed E-state index contributed by atoms with van der Waals surface area (Å²) < 4.78 is 19.7. The van der Waals surface area contributed by atoms with Gasteiger partial charge in [0.2, 0.25) is 0 Å². The summed E-state index contributed by atoms with van der Waals surface area (Å²) in [6.45, 7) is 0.261. The number of rotatable bonds is 6. The Morgan fingerprint density at radius 2 is 1.79 bits per heavy atom. The van der Waals surface area contributed by atoms with Crippen molar-refractivity contribution in [2.45, 2.75) is 13.1 Å². The molecule has 2 aromatic carbocycles. The van der Waals surface area contributed by atoms with Gasteiger partial charge in [0.15, 0.2) is 11.2 Å². The lowest BCUT2D eigenvalue weighted by Gasteiger charge is -2.10. The van der Waals surface area contributed by atoms with Crippen molar-refractivity contribution in [3.05, 3.63) is 99.7 Å². The number of oxazole rings is 1. The van der Waals surface area contributed by atoms with Crippen molar-refractivity contribution in [2.24, 2.45) is 0 Å². The molecule has 0 aliphatic heterocycles. The van der Waals surface area contributed by atoms with Gasteiger partial charge < -0.3 is 15.1 Å². The highest BCUT2D eigenvalue weighted by atomic mass is 19.1. The quantitative estimate of drug-likeness (QED) is 0.356. The summed E-state index contributed by atoms with van der Waals surface area (Å²) in [7, 11) is 0. The number of aromatic amines is 1. The number of aromatic nitrogens is 4. The maximum atomic E-state index is 13.4. The summed E-state index contributed by atoms with van der Waals surface area (Å²) in [6.07, 6.45) is 1.47. The van der Waals surface area contributed by atoms with Crippen LogP contribution in [0.1, 0.15) is 32.1 Å². The first-order valence-electron chi connectivity index (χ1n) is 10.2. The lowest BCUT2D eigenvalue weighted by Crippen LogP contribution is -2.28. The SMILES string of the molecule is O=C(NCc1ccc2oc(=O)[nH]c2c1)c1cc(C(=O)NCc2cccc(F)c2)n2nccc2n1. The summed E-state index contributed by atoms with van der Waals surface area (Å²) in [5.41, 5.74) is 2.72. The number of nitrogens with zero attached hydrogens (tertiary/aromatic N) is 3. The number of amides is 2. The number of hydrogen-bond acceptors (Lipinski definition) is 6. The molecule has 0 bridgehead atoms. The lowest BCUT2D eigenvalue weighted by molar-refractivity contribution is 0.0942. The molecule has 0 saturated heterocycles. The molecular weight excluding hydrogens is 443 g/mol. The maximum Gasteiger partial charge on any atom is 0.417 e. The molecule has 0 fully saturated rings. The van der Waals surface area contributed by atoms with Crippen molar-refractivity contribution in [3.8, 4) is 0 Å². The van der Waals surface area contributed by atoms with Crippen LogP contribution >= 0.6 is 0 Å². The third kappa shape index (κ3) is 4.26. The van der Waals surface area contributed by atoms with Crippen LogP contribution in [-0.2, 0) is 13.1 Å². The Bertz CT molecular complexity index is 1600. The number of halogens is 1. The van der Waals surface area contributed by atoms with Crippen LogP contribution in [0.15, 0.2) is 70.0 Å². The molecule has 3 heterocycles. The topological polar surface area (TPSA) is 134 Å². The van der Waals surface area contributed by atoms with Crippen LogP contribution in [0.2, 0.25) is 0 Å². The summed E-state index contributed by atoms with van der Waals surface area (Å²) in [5, 5.41) is 9.55. The molecule has 0 spiro atoms. The fourth-order valence-corrected chi connectivity index (χ4v) is 3.49. The van der Waals surface area contributed by atoms with Gasteiger partial charge in [-0.15, -0.1) is 0 Å². The Morgan fingerprint density at radius 3 is 2.62 bits per heavy atom. The van der Waals surface area contributed by atoms with Crippen LogP contribution < -0.4 is 16.4 Å². The van der Waals surface area contributed by atoms with Gasteiger partial charge in [0.05, 0.1) is 11.7 Å². The van der Waals surface area contributed by atoms with E-state index in [1.54, 1.807) is 36.4 Å².